The van der Waals surface area contributed by atoms with Gasteiger partial charge in [-0.05, 0) is 12.8 Å². The number of carboxylic acids is 1. The van der Waals surface area contributed by atoms with Crippen LogP contribution in [-0.4, -0.2) is 32.4 Å². The van der Waals surface area contributed by atoms with E-state index >= 15 is 0 Å². The van der Waals surface area contributed by atoms with E-state index in [1.165, 1.54) is 0 Å². The highest BCUT2D eigenvalue weighted by Crippen LogP contribution is 2.26. The number of aliphatic carboxylic acids is 1. The number of rotatable bonds is 4. The van der Waals surface area contributed by atoms with Crippen LogP contribution in [0.15, 0.2) is 6.33 Å². The Morgan fingerprint density at radius 3 is 3.27 bits per heavy atom. The summed E-state index contributed by atoms with van der Waals surface area (Å²) in [5.41, 5.74) is 0. The van der Waals surface area contributed by atoms with Crippen LogP contribution < -0.4 is 0 Å². The lowest BCUT2D eigenvalue weighted by Gasteiger charge is -2.09. The average Bonchev–Trinajstić information content (AvgIpc) is 2.85. The molecule has 1 aromatic rings. The van der Waals surface area contributed by atoms with Crippen molar-refractivity contribution in [3.05, 3.63) is 12.2 Å². The molecule has 0 spiro atoms. The van der Waals surface area contributed by atoms with Crippen molar-refractivity contribution in [3.8, 4) is 0 Å². The van der Waals surface area contributed by atoms with Gasteiger partial charge >= 0.3 is 5.97 Å². The summed E-state index contributed by atoms with van der Waals surface area (Å²) in [6.07, 6.45) is 3.58. The summed E-state index contributed by atoms with van der Waals surface area (Å²) in [6, 6.07) is 0. The van der Waals surface area contributed by atoms with Crippen LogP contribution in [0.4, 0.5) is 0 Å². The summed E-state index contributed by atoms with van der Waals surface area (Å²) < 4.78 is 7.23. The third kappa shape index (κ3) is 2.33. The third-order valence-electron chi connectivity index (χ3n) is 2.43. The Morgan fingerprint density at radius 1 is 1.73 bits per heavy atom. The summed E-state index contributed by atoms with van der Waals surface area (Å²) in [5, 5.41) is 16.3. The highest BCUT2D eigenvalue weighted by Gasteiger charge is 2.22. The zero-order valence-corrected chi connectivity index (χ0v) is 8.30. The molecule has 2 heterocycles. The van der Waals surface area contributed by atoms with E-state index in [4.69, 9.17) is 9.84 Å². The predicted octanol–water partition coefficient (Wildman–Crippen LogP) is 0.604. The SMILES string of the molecule is O=C(O)CCn1cnnc1C1CCCO1. The van der Waals surface area contributed by atoms with Gasteiger partial charge in [-0.1, -0.05) is 0 Å². The maximum atomic E-state index is 10.4. The minimum atomic E-state index is -0.818. The molecule has 0 radical (unpaired) electrons. The van der Waals surface area contributed by atoms with Crippen LogP contribution in [0, 0.1) is 0 Å². The zero-order chi connectivity index (χ0) is 10.7. The molecule has 82 valence electrons. The van der Waals surface area contributed by atoms with Crippen molar-refractivity contribution < 1.29 is 14.6 Å². The lowest BCUT2D eigenvalue weighted by atomic mass is 10.2. The summed E-state index contributed by atoms with van der Waals surface area (Å²) in [6.45, 7) is 1.15. The minimum Gasteiger partial charge on any atom is -0.481 e. The molecule has 0 bridgehead atoms. The lowest BCUT2D eigenvalue weighted by Crippen LogP contribution is -2.10. The summed E-state index contributed by atoms with van der Waals surface area (Å²) >= 11 is 0. The first kappa shape index (κ1) is 10.1. The Bertz CT molecular complexity index is 344. The van der Waals surface area contributed by atoms with Crippen LogP contribution in [0.25, 0.3) is 0 Å². The first-order valence-electron chi connectivity index (χ1n) is 4.98. The average molecular weight is 211 g/mol. The molecule has 0 aromatic carbocycles. The van der Waals surface area contributed by atoms with Crippen molar-refractivity contribution in [1.82, 2.24) is 14.8 Å². The van der Waals surface area contributed by atoms with Gasteiger partial charge in [-0.15, -0.1) is 10.2 Å². The van der Waals surface area contributed by atoms with E-state index in [0.717, 1.165) is 25.3 Å². The van der Waals surface area contributed by atoms with Gasteiger partial charge in [0.1, 0.15) is 12.4 Å². The molecule has 1 aliphatic heterocycles. The molecule has 15 heavy (non-hydrogen) atoms. The molecular weight excluding hydrogens is 198 g/mol. The minimum absolute atomic E-state index is 0.0127. The number of carbonyl (C=O) groups is 1. The summed E-state index contributed by atoms with van der Waals surface area (Å²) in [5.74, 6) is -0.0734. The number of hydrogen-bond acceptors (Lipinski definition) is 4. The van der Waals surface area contributed by atoms with E-state index in [-0.39, 0.29) is 12.5 Å². The molecule has 1 saturated heterocycles. The Kier molecular flexibility index (Phi) is 2.96. The number of aromatic nitrogens is 3. The van der Waals surface area contributed by atoms with E-state index in [0.29, 0.717) is 6.54 Å². The van der Waals surface area contributed by atoms with Crippen molar-refractivity contribution in [1.29, 1.82) is 0 Å². The monoisotopic (exact) mass is 211 g/mol. The Morgan fingerprint density at radius 2 is 2.60 bits per heavy atom. The van der Waals surface area contributed by atoms with Crippen molar-refractivity contribution in [3.63, 3.8) is 0 Å². The lowest BCUT2D eigenvalue weighted by molar-refractivity contribution is -0.137. The quantitative estimate of drug-likeness (QED) is 0.789. The Labute approximate surface area is 86.9 Å². The van der Waals surface area contributed by atoms with E-state index in [9.17, 15) is 4.79 Å². The predicted molar refractivity (Wildman–Crippen MR) is 50.2 cm³/mol. The molecule has 6 heteroatoms. The van der Waals surface area contributed by atoms with Gasteiger partial charge in [-0.2, -0.15) is 0 Å². The number of aryl methyl sites for hydroxylation is 1. The first-order valence-corrected chi connectivity index (χ1v) is 4.98. The van der Waals surface area contributed by atoms with Crippen molar-refractivity contribution >= 4 is 5.97 Å². The van der Waals surface area contributed by atoms with Crippen LogP contribution in [0.3, 0.4) is 0 Å². The molecule has 0 amide bonds. The van der Waals surface area contributed by atoms with Gasteiger partial charge in [0.2, 0.25) is 0 Å². The summed E-state index contributed by atoms with van der Waals surface area (Å²) in [4.78, 5) is 10.4. The number of hydrogen-bond donors (Lipinski definition) is 1. The normalized spacial score (nSPS) is 20.7. The fourth-order valence-electron chi connectivity index (χ4n) is 1.68. The van der Waals surface area contributed by atoms with Crippen molar-refractivity contribution in [2.24, 2.45) is 0 Å². The maximum Gasteiger partial charge on any atom is 0.305 e. The largest absolute Gasteiger partial charge is 0.481 e. The Balaban J connectivity index is 2.04. The molecule has 1 N–H and O–H groups in total. The van der Waals surface area contributed by atoms with Crippen LogP contribution in [-0.2, 0) is 16.1 Å². The van der Waals surface area contributed by atoms with Crippen LogP contribution in [0.5, 0.6) is 0 Å². The van der Waals surface area contributed by atoms with E-state index in [2.05, 4.69) is 10.2 Å². The van der Waals surface area contributed by atoms with E-state index in [1.807, 2.05) is 0 Å². The van der Waals surface area contributed by atoms with E-state index < -0.39 is 5.97 Å². The van der Waals surface area contributed by atoms with Crippen molar-refractivity contribution in [2.45, 2.75) is 31.9 Å². The van der Waals surface area contributed by atoms with Crippen LogP contribution in [0.1, 0.15) is 31.2 Å². The molecule has 2 rings (SSSR count). The van der Waals surface area contributed by atoms with Crippen molar-refractivity contribution in [2.75, 3.05) is 6.61 Å². The van der Waals surface area contributed by atoms with Gasteiger partial charge in [0.15, 0.2) is 5.82 Å². The standard InChI is InChI=1S/C9H13N3O3/c13-8(14)3-4-12-6-10-11-9(12)7-2-1-5-15-7/h6-7H,1-5H2,(H,13,14). The second-order valence-corrected chi connectivity index (χ2v) is 3.53. The highest BCUT2D eigenvalue weighted by molar-refractivity contribution is 5.66. The maximum absolute atomic E-state index is 10.4. The molecule has 1 unspecified atom stereocenters. The highest BCUT2D eigenvalue weighted by atomic mass is 16.5. The molecule has 6 nitrogen and oxygen atoms in total. The van der Waals surface area contributed by atoms with Gasteiger partial charge in [0.25, 0.3) is 0 Å². The first-order chi connectivity index (χ1) is 7.27. The van der Waals surface area contributed by atoms with Gasteiger partial charge in [0, 0.05) is 13.2 Å². The fourth-order valence-corrected chi connectivity index (χ4v) is 1.68. The Hall–Kier alpha value is -1.43. The molecule has 1 fully saturated rings. The van der Waals surface area contributed by atoms with Gasteiger partial charge < -0.3 is 14.4 Å². The molecule has 0 saturated carbocycles. The molecule has 1 atom stereocenters. The number of nitrogens with zero attached hydrogens (tertiary/aromatic N) is 3. The zero-order valence-electron chi connectivity index (χ0n) is 8.30. The second kappa shape index (κ2) is 4.39. The number of ether oxygens (including phenoxy) is 1. The van der Waals surface area contributed by atoms with Gasteiger partial charge in [-0.25, -0.2) is 0 Å². The molecular formula is C9H13N3O3. The van der Waals surface area contributed by atoms with Gasteiger partial charge in [0.05, 0.1) is 6.42 Å². The van der Waals surface area contributed by atoms with Gasteiger partial charge in [-0.3, -0.25) is 4.79 Å². The number of carboxylic acid groups (broad SMARTS) is 1. The van der Waals surface area contributed by atoms with E-state index in [1.54, 1.807) is 10.9 Å². The van der Waals surface area contributed by atoms with Crippen LogP contribution in [0.2, 0.25) is 0 Å². The van der Waals surface area contributed by atoms with Crippen LogP contribution >= 0.6 is 0 Å². The molecule has 0 aliphatic carbocycles. The smallest absolute Gasteiger partial charge is 0.305 e. The summed E-state index contributed by atoms with van der Waals surface area (Å²) in [7, 11) is 0. The second-order valence-electron chi connectivity index (χ2n) is 3.53. The fraction of sp³-hybridized carbons (Fsp3) is 0.667. The topological polar surface area (TPSA) is 77.2 Å². The molecule has 1 aromatic heterocycles. The molecule has 1 aliphatic rings. The third-order valence-corrected chi connectivity index (χ3v) is 2.43.